The maximum atomic E-state index is 13.0. The molecular formula is C24H34N4O3S2. The zero-order valence-corrected chi connectivity index (χ0v) is 21.0. The van der Waals surface area contributed by atoms with Gasteiger partial charge in [-0.3, -0.25) is 4.79 Å². The first kappa shape index (κ1) is 24.2. The third kappa shape index (κ3) is 5.94. The number of thiazole rings is 1. The Hall–Kier alpha value is -1.97. The zero-order valence-electron chi connectivity index (χ0n) is 19.3. The third-order valence-electron chi connectivity index (χ3n) is 6.56. The summed E-state index contributed by atoms with van der Waals surface area (Å²) in [6, 6.07) is 7.97. The predicted octanol–water partition coefficient (Wildman–Crippen LogP) is 4.70. The van der Waals surface area contributed by atoms with Gasteiger partial charge in [-0.1, -0.05) is 25.5 Å². The molecule has 2 fully saturated rings. The molecule has 0 atom stereocenters. The summed E-state index contributed by atoms with van der Waals surface area (Å²) in [5.74, 6) is 0.241. The first-order valence-electron chi connectivity index (χ1n) is 12.1. The molecule has 0 unspecified atom stereocenters. The number of benzene rings is 1. The van der Waals surface area contributed by atoms with E-state index in [0.717, 1.165) is 48.7 Å². The highest BCUT2D eigenvalue weighted by Gasteiger charge is 2.30. The number of hydrogen-bond donors (Lipinski definition) is 1. The Balaban J connectivity index is 1.37. The van der Waals surface area contributed by atoms with Gasteiger partial charge in [0.1, 0.15) is 5.69 Å². The lowest BCUT2D eigenvalue weighted by molar-refractivity contribution is 0.102. The van der Waals surface area contributed by atoms with Gasteiger partial charge in [0.25, 0.3) is 5.91 Å². The monoisotopic (exact) mass is 490 g/mol. The van der Waals surface area contributed by atoms with Crippen molar-refractivity contribution < 1.29 is 13.2 Å². The van der Waals surface area contributed by atoms with E-state index in [0.29, 0.717) is 25.2 Å². The molecular weight excluding hydrogens is 456 g/mol. The van der Waals surface area contributed by atoms with Gasteiger partial charge in [0.2, 0.25) is 10.0 Å². The van der Waals surface area contributed by atoms with Gasteiger partial charge in [-0.05, 0) is 50.7 Å². The van der Waals surface area contributed by atoms with E-state index in [1.807, 2.05) is 30.5 Å². The van der Waals surface area contributed by atoms with Crippen molar-refractivity contribution in [2.24, 2.45) is 0 Å². The van der Waals surface area contributed by atoms with Gasteiger partial charge in [-0.25, -0.2) is 17.7 Å². The number of unbranched alkanes of at least 4 members (excludes halogenated alkanes) is 1. The zero-order chi connectivity index (χ0) is 23.3. The highest BCUT2D eigenvalue weighted by molar-refractivity contribution is 7.89. The van der Waals surface area contributed by atoms with Crippen molar-refractivity contribution in [1.29, 1.82) is 0 Å². The summed E-state index contributed by atoms with van der Waals surface area (Å²) in [5, 5.41) is 5.81. The SMILES string of the molecule is CCCCS(=O)(=O)N1CCC(c2nc(C(=O)Nc3ccccc3N3CCCCC3)cs2)CC1. The third-order valence-corrected chi connectivity index (χ3v) is 9.52. The van der Waals surface area contributed by atoms with Gasteiger partial charge in [-0.2, -0.15) is 0 Å². The highest BCUT2D eigenvalue weighted by Crippen LogP contribution is 2.32. The van der Waals surface area contributed by atoms with Crippen LogP contribution in [0, 0.1) is 0 Å². The van der Waals surface area contributed by atoms with E-state index < -0.39 is 10.0 Å². The molecule has 7 nitrogen and oxygen atoms in total. The van der Waals surface area contributed by atoms with Crippen molar-refractivity contribution in [3.63, 3.8) is 0 Å². The Morgan fingerprint density at radius 1 is 1.12 bits per heavy atom. The number of sulfonamides is 1. The summed E-state index contributed by atoms with van der Waals surface area (Å²) < 4.78 is 26.5. The van der Waals surface area contributed by atoms with Gasteiger partial charge < -0.3 is 10.2 Å². The van der Waals surface area contributed by atoms with E-state index in [2.05, 4.69) is 21.3 Å². The summed E-state index contributed by atoms with van der Waals surface area (Å²) in [4.78, 5) is 19.9. The standard InChI is InChI=1S/C24H34N4O3S2/c1-2-3-17-33(30,31)28-15-11-19(12-16-28)24-26-21(18-32-24)23(29)25-20-9-5-6-10-22(20)27-13-7-4-8-14-27/h5-6,9-10,18-19H,2-4,7-8,11-17H2,1H3,(H,25,29). The van der Waals surface area contributed by atoms with Crippen molar-refractivity contribution in [3.05, 3.63) is 40.3 Å². The normalized spacial score (nSPS) is 18.4. The van der Waals surface area contributed by atoms with Crippen LogP contribution in [0.3, 0.4) is 0 Å². The minimum atomic E-state index is -3.16. The van der Waals surface area contributed by atoms with Crippen molar-refractivity contribution in [3.8, 4) is 0 Å². The molecule has 2 saturated heterocycles. The number of rotatable bonds is 8. The molecule has 2 aliphatic rings. The molecule has 2 aliphatic heterocycles. The molecule has 1 amide bonds. The van der Waals surface area contributed by atoms with Crippen LogP contribution in [0.15, 0.2) is 29.6 Å². The highest BCUT2D eigenvalue weighted by atomic mass is 32.2. The van der Waals surface area contributed by atoms with Crippen LogP contribution >= 0.6 is 11.3 Å². The molecule has 2 aromatic rings. The van der Waals surface area contributed by atoms with Crippen LogP contribution < -0.4 is 10.2 Å². The Morgan fingerprint density at radius 3 is 2.58 bits per heavy atom. The molecule has 0 saturated carbocycles. The topological polar surface area (TPSA) is 82.6 Å². The second kappa shape index (κ2) is 11.0. The van der Waals surface area contributed by atoms with Crippen LogP contribution in [0.5, 0.6) is 0 Å². The van der Waals surface area contributed by atoms with E-state index in [4.69, 9.17) is 0 Å². The lowest BCUT2D eigenvalue weighted by Crippen LogP contribution is -2.39. The first-order valence-corrected chi connectivity index (χ1v) is 14.6. The Kier molecular flexibility index (Phi) is 8.03. The fourth-order valence-electron chi connectivity index (χ4n) is 4.59. The second-order valence-corrected chi connectivity index (χ2v) is 11.9. The number of piperidine rings is 2. The molecule has 1 N–H and O–H groups in total. The van der Waals surface area contributed by atoms with Crippen LogP contribution in [-0.4, -0.2) is 55.5 Å². The number of amides is 1. The lowest BCUT2D eigenvalue weighted by atomic mass is 9.99. The second-order valence-electron chi connectivity index (χ2n) is 8.93. The maximum absolute atomic E-state index is 13.0. The number of carbonyl (C=O) groups excluding carboxylic acids is 1. The van der Waals surface area contributed by atoms with Crippen molar-refractivity contribution >= 4 is 38.6 Å². The van der Waals surface area contributed by atoms with Gasteiger partial charge in [-0.15, -0.1) is 11.3 Å². The number of nitrogens with one attached hydrogen (secondary N) is 1. The summed E-state index contributed by atoms with van der Waals surface area (Å²) in [6.07, 6.45) is 6.69. The van der Waals surface area contributed by atoms with Gasteiger partial charge in [0.15, 0.2) is 0 Å². The van der Waals surface area contributed by atoms with Crippen LogP contribution in [0.25, 0.3) is 0 Å². The molecule has 0 radical (unpaired) electrons. The molecule has 9 heteroatoms. The average Bonchev–Trinajstić information content (AvgIpc) is 3.34. The molecule has 0 spiro atoms. The first-order chi connectivity index (χ1) is 16.0. The maximum Gasteiger partial charge on any atom is 0.275 e. The molecule has 1 aromatic carbocycles. The quantitative estimate of drug-likeness (QED) is 0.580. The molecule has 3 heterocycles. The average molecular weight is 491 g/mol. The molecule has 33 heavy (non-hydrogen) atoms. The molecule has 180 valence electrons. The van der Waals surface area contributed by atoms with Gasteiger partial charge >= 0.3 is 0 Å². The molecule has 0 bridgehead atoms. The van der Waals surface area contributed by atoms with E-state index in [9.17, 15) is 13.2 Å². The van der Waals surface area contributed by atoms with Crippen molar-refractivity contribution in [2.45, 2.75) is 57.8 Å². The summed E-state index contributed by atoms with van der Waals surface area (Å²) in [7, 11) is -3.16. The van der Waals surface area contributed by atoms with Crippen LogP contribution in [-0.2, 0) is 10.0 Å². The van der Waals surface area contributed by atoms with E-state index in [1.165, 1.54) is 30.6 Å². The van der Waals surface area contributed by atoms with Crippen LogP contribution in [0.1, 0.15) is 73.3 Å². The number of para-hydroxylation sites is 2. The van der Waals surface area contributed by atoms with Crippen molar-refractivity contribution in [1.82, 2.24) is 9.29 Å². The minimum Gasteiger partial charge on any atom is -0.370 e. The predicted molar refractivity (Wildman–Crippen MR) is 135 cm³/mol. The minimum absolute atomic E-state index is 0.193. The fourth-order valence-corrected chi connectivity index (χ4v) is 7.24. The lowest BCUT2D eigenvalue weighted by Gasteiger charge is -2.30. The number of hydrogen-bond acceptors (Lipinski definition) is 6. The van der Waals surface area contributed by atoms with Crippen molar-refractivity contribution in [2.75, 3.05) is 42.1 Å². The Bertz CT molecular complexity index is 1040. The van der Waals surface area contributed by atoms with Gasteiger partial charge in [0, 0.05) is 37.5 Å². The number of carbonyl (C=O) groups is 1. The van der Waals surface area contributed by atoms with E-state index >= 15 is 0 Å². The fraction of sp³-hybridized carbons (Fsp3) is 0.583. The van der Waals surface area contributed by atoms with Crippen LogP contribution in [0.2, 0.25) is 0 Å². The smallest absolute Gasteiger partial charge is 0.275 e. The molecule has 1 aromatic heterocycles. The van der Waals surface area contributed by atoms with Crippen LogP contribution in [0.4, 0.5) is 11.4 Å². The number of aromatic nitrogens is 1. The molecule has 4 rings (SSSR count). The number of anilines is 2. The summed E-state index contributed by atoms with van der Waals surface area (Å²) in [5.41, 5.74) is 2.32. The largest absolute Gasteiger partial charge is 0.370 e. The Labute approximate surface area is 201 Å². The summed E-state index contributed by atoms with van der Waals surface area (Å²) in [6.45, 7) is 5.09. The van der Waals surface area contributed by atoms with Gasteiger partial charge in [0.05, 0.1) is 22.1 Å². The Morgan fingerprint density at radius 2 is 1.85 bits per heavy atom. The summed E-state index contributed by atoms with van der Waals surface area (Å²) >= 11 is 1.50. The molecule has 0 aliphatic carbocycles. The number of nitrogens with zero attached hydrogens (tertiary/aromatic N) is 3. The van der Waals surface area contributed by atoms with E-state index in [-0.39, 0.29) is 17.6 Å². The van der Waals surface area contributed by atoms with E-state index in [1.54, 1.807) is 4.31 Å².